The van der Waals surface area contributed by atoms with E-state index in [9.17, 15) is 9.59 Å². The highest BCUT2D eigenvalue weighted by Gasteiger charge is 2.15. The van der Waals surface area contributed by atoms with Crippen molar-refractivity contribution in [1.29, 1.82) is 0 Å². The molecule has 2 aromatic carbocycles. The van der Waals surface area contributed by atoms with Gasteiger partial charge in [0.15, 0.2) is 0 Å². The summed E-state index contributed by atoms with van der Waals surface area (Å²) in [5.41, 5.74) is 2.28. The first-order valence-corrected chi connectivity index (χ1v) is 8.03. The highest BCUT2D eigenvalue weighted by Crippen LogP contribution is 2.18. The van der Waals surface area contributed by atoms with Crippen LogP contribution >= 0.6 is 0 Å². The SMILES string of the molecule is CC(=O)CCCC(=O)NC(Cc1ccccc1)c1ccccc1. The summed E-state index contributed by atoms with van der Waals surface area (Å²) in [5, 5.41) is 3.11. The molecule has 1 unspecified atom stereocenters. The minimum Gasteiger partial charge on any atom is -0.349 e. The molecule has 0 aliphatic heterocycles. The van der Waals surface area contributed by atoms with Crippen LogP contribution < -0.4 is 5.32 Å². The molecule has 0 saturated carbocycles. The molecule has 2 aromatic rings. The lowest BCUT2D eigenvalue weighted by atomic mass is 9.98. The molecule has 0 heterocycles. The van der Waals surface area contributed by atoms with E-state index in [0.717, 1.165) is 12.0 Å². The molecule has 0 spiro atoms. The van der Waals surface area contributed by atoms with E-state index in [0.29, 0.717) is 19.3 Å². The van der Waals surface area contributed by atoms with Gasteiger partial charge in [0.25, 0.3) is 0 Å². The summed E-state index contributed by atoms with van der Waals surface area (Å²) in [6, 6.07) is 20.1. The van der Waals surface area contributed by atoms with E-state index in [-0.39, 0.29) is 17.7 Å². The minimum absolute atomic E-state index is 0.00367. The standard InChI is InChI=1S/C20H23NO2/c1-16(22)9-8-14-20(23)21-19(18-12-6-3-7-13-18)15-17-10-4-2-5-11-17/h2-7,10-13,19H,8-9,14-15H2,1H3,(H,21,23). The summed E-state index contributed by atoms with van der Waals surface area (Å²) in [4.78, 5) is 23.2. The Balaban J connectivity index is 2.02. The Morgan fingerprint density at radius 1 is 0.913 bits per heavy atom. The molecule has 0 aromatic heterocycles. The van der Waals surface area contributed by atoms with Gasteiger partial charge in [0.1, 0.15) is 5.78 Å². The fourth-order valence-electron chi connectivity index (χ4n) is 2.55. The molecule has 3 heteroatoms. The summed E-state index contributed by atoms with van der Waals surface area (Å²) in [6.07, 6.45) is 2.21. The Morgan fingerprint density at radius 3 is 2.13 bits per heavy atom. The van der Waals surface area contributed by atoms with Gasteiger partial charge in [-0.1, -0.05) is 60.7 Å². The third-order valence-corrected chi connectivity index (χ3v) is 3.75. The smallest absolute Gasteiger partial charge is 0.220 e. The molecular formula is C20H23NO2. The highest BCUT2D eigenvalue weighted by molar-refractivity contribution is 5.79. The van der Waals surface area contributed by atoms with Gasteiger partial charge in [0.05, 0.1) is 6.04 Å². The van der Waals surface area contributed by atoms with Gasteiger partial charge in [-0.2, -0.15) is 0 Å². The Morgan fingerprint density at radius 2 is 1.52 bits per heavy atom. The van der Waals surface area contributed by atoms with Crippen LogP contribution in [-0.4, -0.2) is 11.7 Å². The first-order chi connectivity index (χ1) is 11.1. The largest absolute Gasteiger partial charge is 0.349 e. The number of amides is 1. The molecule has 2 rings (SSSR count). The average molecular weight is 309 g/mol. The molecule has 0 fully saturated rings. The van der Waals surface area contributed by atoms with Crippen molar-refractivity contribution in [3.8, 4) is 0 Å². The number of benzene rings is 2. The van der Waals surface area contributed by atoms with Crippen LogP contribution in [-0.2, 0) is 16.0 Å². The van der Waals surface area contributed by atoms with Gasteiger partial charge in [-0.3, -0.25) is 4.79 Å². The van der Waals surface area contributed by atoms with Gasteiger partial charge >= 0.3 is 0 Å². The molecule has 1 amide bonds. The van der Waals surface area contributed by atoms with E-state index in [1.165, 1.54) is 5.56 Å². The maximum Gasteiger partial charge on any atom is 0.220 e. The van der Waals surface area contributed by atoms with Gasteiger partial charge in [0, 0.05) is 12.8 Å². The van der Waals surface area contributed by atoms with Crippen LogP contribution in [0.3, 0.4) is 0 Å². The summed E-state index contributed by atoms with van der Waals surface area (Å²) < 4.78 is 0. The molecule has 0 saturated heterocycles. The summed E-state index contributed by atoms with van der Waals surface area (Å²) in [7, 11) is 0. The summed E-state index contributed by atoms with van der Waals surface area (Å²) >= 11 is 0. The zero-order valence-corrected chi connectivity index (χ0v) is 13.5. The second-order valence-corrected chi connectivity index (χ2v) is 5.78. The van der Waals surface area contributed by atoms with Crippen molar-refractivity contribution >= 4 is 11.7 Å². The lowest BCUT2D eigenvalue weighted by Crippen LogP contribution is -2.29. The number of carbonyl (C=O) groups excluding carboxylic acids is 2. The number of hydrogen-bond acceptors (Lipinski definition) is 2. The van der Waals surface area contributed by atoms with Gasteiger partial charge in [-0.25, -0.2) is 0 Å². The van der Waals surface area contributed by atoms with Crippen LogP contribution in [0.15, 0.2) is 60.7 Å². The fourth-order valence-corrected chi connectivity index (χ4v) is 2.55. The van der Waals surface area contributed by atoms with Crippen LogP contribution in [0, 0.1) is 0 Å². The molecular weight excluding hydrogens is 286 g/mol. The van der Waals surface area contributed by atoms with Crippen LogP contribution in [0.2, 0.25) is 0 Å². The first-order valence-electron chi connectivity index (χ1n) is 8.03. The third kappa shape index (κ3) is 6.07. The number of carbonyl (C=O) groups is 2. The molecule has 0 bridgehead atoms. The van der Waals surface area contributed by atoms with Gasteiger partial charge in [0.2, 0.25) is 5.91 Å². The fraction of sp³-hybridized carbons (Fsp3) is 0.300. The van der Waals surface area contributed by atoms with E-state index < -0.39 is 0 Å². The summed E-state index contributed by atoms with van der Waals surface area (Å²) in [5.74, 6) is 0.123. The first kappa shape index (κ1) is 16.9. The number of hydrogen-bond donors (Lipinski definition) is 1. The molecule has 0 aliphatic rings. The molecule has 0 aliphatic carbocycles. The van der Waals surface area contributed by atoms with E-state index in [1.807, 2.05) is 48.5 Å². The van der Waals surface area contributed by atoms with Gasteiger partial charge in [-0.05, 0) is 30.9 Å². The van der Waals surface area contributed by atoms with Crippen molar-refractivity contribution in [2.45, 2.75) is 38.6 Å². The van der Waals surface area contributed by atoms with Gasteiger partial charge in [-0.15, -0.1) is 0 Å². The third-order valence-electron chi connectivity index (χ3n) is 3.75. The van der Waals surface area contributed by atoms with E-state index in [4.69, 9.17) is 0 Å². The Hall–Kier alpha value is -2.42. The quantitative estimate of drug-likeness (QED) is 0.805. The molecule has 3 nitrogen and oxygen atoms in total. The number of rotatable bonds is 8. The van der Waals surface area contributed by atoms with Crippen LogP contribution in [0.1, 0.15) is 43.4 Å². The number of ketones is 1. The predicted octanol–water partition coefficient (Wildman–Crippen LogP) is 3.85. The van der Waals surface area contributed by atoms with Crippen molar-refractivity contribution in [3.05, 3.63) is 71.8 Å². The minimum atomic E-state index is -0.0524. The predicted molar refractivity (Wildman–Crippen MR) is 92.0 cm³/mol. The van der Waals surface area contributed by atoms with Crippen LogP contribution in [0.4, 0.5) is 0 Å². The molecule has 0 radical (unpaired) electrons. The molecule has 1 N–H and O–H groups in total. The van der Waals surface area contributed by atoms with Crippen molar-refractivity contribution in [2.24, 2.45) is 0 Å². The Labute approximate surface area is 137 Å². The van der Waals surface area contributed by atoms with E-state index >= 15 is 0 Å². The Bertz CT molecular complexity index is 623. The highest BCUT2D eigenvalue weighted by atomic mass is 16.1. The number of nitrogens with one attached hydrogen (secondary N) is 1. The van der Waals surface area contributed by atoms with E-state index in [1.54, 1.807) is 6.92 Å². The van der Waals surface area contributed by atoms with Crippen molar-refractivity contribution in [3.63, 3.8) is 0 Å². The second kappa shape index (κ2) is 8.89. The second-order valence-electron chi connectivity index (χ2n) is 5.78. The van der Waals surface area contributed by atoms with Crippen molar-refractivity contribution in [2.75, 3.05) is 0 Å². The zero-order chi connectivity index (χ0) is 16.5. The normalized spacial score (nSPS) is 11.7. The van der Waals surface area contributed by atoms with E-state index in [2.05, 4.69) is 17.4 Å². The topological polar surface area (TPSA) is 46.2 Å². The maximum atomic E-state index is 12.2. The monoisotopic (exact) mass is 309 g/mol. The summed E-state index contributed by atoms with van der Waals surface area (Å²) in [6.45, 7) is 1.56. The Kier molecular flexibility index (Phi) is 6.55. The average Bonchev–Trinajstić information content (AvgIpc) is 2.56. The lowest BCUT2D eigenvalue weighted by molar-refractivity contribution is -0.122. The van der Waals surface area contributed by atoms with Gasteiger partial charge < -0.3 is 10.1 Å². The van der Waals surface area contributed by atoms with Crippen molar-refractivity contribution in [1.82, 2.24) is 5.32 Å². The zero-order valence-electron chi connectivity index (χ0n) is 13.5. The molecule has 120 valence electrons. The lowest BCUT2D eigenvalue weighted by Gasteiger charge is -2.19. The van der Waals surface area contributed by atoms with Crippen molar-refractivity contribution < 1.29 is 9.59 Å². The molecule has 23 heavy (non-hydrogen) atoms. The number of Topliss-reactive ketones (excluding diaryl/α,β-unsaturated/α-hetero) is 1. The van der Waals surface area contributed by atoms with Crippen LogP contribution in [0.5, 0.6) is 0 Å². The molecule has 1 atom stereocenters. The maximum absolute atomic E-state index is 12.2. The van der Waals surface area contributed by atoms with Crippen LogP contribution in [0.25, 0.3) is 0 Å².